The summed E-state index contributed by atoms with van der Waals surface area (Å²) in [5, 5.41) is 3.55. The second-order valence-corrected chi connectivity index (χ2v) is 6.33. The summed E-state index contributed by atoms with van der Waals surface area (Å²) in [7, 11) is 3.92. The Bertz CT molecular complexity index is 290. The van der Waals surface area contributed by atoms with E-state index in [0.717, 1.165) is 51.9 Å². The smallest absolute Gasteiger partial charge is 0.0939 e. The fourth-order valence-electron chi connectivity index (χ4n) is 4.25. The Morgan fingerprint density at radius 1 is 1.35 bits per heavy atom. The average Bonchev–Trinajstić information content (AvgIpc) is 2.92. The van der Waals surface area contributed by atoms with Crippen molar-refractivity contribution in [1.82, 2.24) is 5.32 Å². The molecule has 118 valence electrons. The molecule has 4 heteroatoms. The van der Waals surface area contributed by atoms with E-state index in [-0.39, 0.29) is 11.2 Å². The molecule has 0 bridgehead atoms. The minimum absolute atomic E-state index is 0.0288. The summed E-state index contributed by atoms with van der Waals surface area (Å²) in [5.41, 5.74) is -0.101. The monoisotopic (exact) mass is 285 g/mol. The number of ether oxygens (including phenoxy) is 3. The molecule has 2 rings (SSSR count). The highest BCUT2D eigenvalue weighted by Crippen LogP contribution is 2.41. The highest BCUT2D eigenvalue weighted by molar-refractivity contribution is 5.00. The average molecular weight is 285 g/mol. The van der Waals surface area contributed by atoms with Crippen molar-refractivity contribution in [2.75, 3.05) is 34.0 Å². The second kappa shape index (κ2) is 6.73. The Balaban J connectivity index is 2.14. The van der Waals surface area contributed by atoms with Crippen LogP contribution >= 0.6 is 0 Å². The first-order valence-electron chi connectivity index (χ1n) is 8.09. The lowest BCUT2D eigenvalue weighted by Gasteiger charge is -2.47. The van der Waals surface area contributed by atoms with Gasteiger partial charge in [-0.05, 0) is 38.6 Å². The van der Waals surface area contributed by atoms with Crippen LogP contribution < -0.4 is 5.32 Å². The van der Waals surface area contributed by atoms with Crippen LogP contribution in [-0.2, 0) is 14.2 Å². The summed E-state index contributed by atoms with van der Waals surface area (Å²) in [6, 6.07) is 0.379. The van der Waals surface area contributed by atoms with Crippen LogP contribution in [0.3, 0.4) is 0 Å². The van der Waals surface area contributed by atoms with Crippen LogP contribution in [-0.4, -0.2) is 51.2 Å². The highest BCUT2D eigenvalue weighted by Gasteiger charge is 2.47. The van der Waals surface area contributed by atoms with Crippen molar-refractivity contribution in [3.8, 4) is 0 Å². The third kappa shape index (κ3) is 2.89. The van der Waals surface area contributed by atoms with Gasteiger partial charge in [-0.2, -0.15) is 0 Å². The standard InChI is InChI=1S/C16H31NO3/c1-5-16(6-2,18-4)14(17-3)13-7-9-20-15(11-13)8-10-19-12-15/h13-14,17H,5-12H2,1-4H3. The van der Waals surface area contributed by atoms with Gasteiger partial charge in [0.25, 0.3) is 0 Å². The number of rotatable bonds is 6. The highest BCUT2D eigenvalue weighted by atomic mass is 16.6. The molecule has 4 nitrogen and oxygen atoms in total. The molecule has 0 aromatic rings. The fraction of sp³-hybridized carbons (Fsp3) is 1.00. The molecule has 1 N–H and O–H groups in total. The molecule has 0 radical (unpaired) electrons. The van der Waals surface area contributed by atoms with Gasteiger partial charge in [-0.1, -0.05) is 13.8 Å². The van der Waals surface area contributed by atoms with Crippen LogP contribution in [0.1, 0.15) is 46.0 Å². The number of likely N-dealkylation sites (N-methyl/N-ethyl adjacent to an activating group) is 1. The maximum absolute atomic E-state index is 6.07. The van der Waals surface area contributed by atoms with Gasteiger partial charge in [-0.15, -0.1) is 0 Å². The second-order valence-electron chi connectivity index (χ2n) is 6.33. The first kappa shape index (κ1) is 16.2. The van der Waals surface area contributed by atoms with E-state index in [1.807, 2.05) is 7.11 Å². The summed E-state index contributed by atoms with van der Waals surface area (Å²) in [6.07, 6.45) is 5.30. The van der Waals surface area contributed by atoms with Crippen LogP contribution in [0, 0.1) is 5.92 Å². The number of hydrogen-bond donors (Lipinski definition) is 1. The van der Waals surface area contributed by atoms with Crippen molar-refractivity contribution in [3.05, 3.63) is 0 Å². The summed E-state index contributed by atoms with van der Waals surface area (Å²) >= 11 is 0. The lowest BCUT2D eigenvalue weighted by Crippen LogP contribution is -2.57. The van der Waals surface area contributed by atoms with E-state index >= 15 is 0 Å². The molecule has 2 saturated heterocycles. The lowest BCUT2D eigenvalue weighted by atomic mass is 9.73. The first-order valence-corrected chi connectivity index (χ1v) is 8.09. The summed E-state index contributed by atoms with van der Waals surface area (Å²) in [4.78, 5) is 0. The van der Waals surface area contributed by atoms with E-state index in [4.69, 9.17) is 14.2 Å². The van der Waals surface area contributed by atoms with E-state index in [2.05, 4.69) is 26.2 Å². The van der Waals surface area contributed by atoms with Gasteiger partial charge in [0, 0.05) is 32.8 Å². The zero-order valence-corrected chi connectivity index (χ0v) is 13.5. The lowest BCUT2D eigenvalue weighted by molar-refractivity contribution is -0.128. The Morgan fingerprint density at radius 2 is 2.10 bits per heavy atom. The molecule has 2 heterocycles. The quantitative estimate of drug-likeness (QED) is 0.813. The number of nitrogens with one attached hydrogen (secondary N) is 1. The van der Waals surface area contributed by atoms with Crippen LogP contribution in [0.4, 0.5) is 0 Å². The Hall–Kier alpha value is -0.160. The molecule has 2 aliphatic heterocycles. The van der Waals surface area contributed by atoms with Gasteiger partial charge in [0.2, 0.25) is 0 Å². The molecule has 3 unspecified atom stereocenters. The molecule has 0 amide bonds. The minimum Gasteiger partial charge on any atom is -0.378 e. The largest absolute Gasteiger partial charge is 0.378 e. The van der Waals surface area contributed by atoms with Crippen LogP contribution in [0.25, 0.3) is 0 Å². The van der Waals surface area contributed by atoms with Gasteiger partial charge < -0.3 is 19.5 Å². The molecular formula is C16H31NO3. The van der Waals surface area contributed by atoms with E-state index in [9.17, 15) is 0 Å². The minimum atomic E-state index is -0.0720. The zero-order valence-electron chi connectivity index (χ0n) is 13.5. The molecular weight excluding hydrogens is 254 g/mol. The van der Waals surface area contributed by atoms with Gasteiger partial charge in [-0.3, -0.25) is 0 Å². The summed E-state index contributed by atoms with van der Waals surface area (Å²) < 4.78 is 17.6. The Kier molecular flexibility index (Phi) is 5.46. The normalized spacial score (nSPS) is 32.7. The van der Waals surface area contributed by atoms with Crippen molar-refractivity contribution in [2.45, 2.75) is 63.2 Å². The SMILES string of the molecule is CCC(CC)(OC)C(NC)C1CCOC2(CCOC2)C1. The van der Waals surface area contributed by atoms with Gasteiger partial charge in [0.15, 0.2) is 0 Å². The van der Waals surface area contributed by atoms with E-state index in [0.29, 0.717) is 12.0 Å². The summed E-state index contributed by atoms with van der Waals surface area (Å²) in [6.45, 7) is 6.90. The molecule has 20 heavy (non-hydrogen) atoms. The van der Waals surface area contributed by atoms with Crippen molar-refractivity contribution in [1.29, 1.82) is 0 Å². The molecule has 2 fully saturated rings. The first-order chi connectivity index (χ1) is 9.65. The van der Waals surface area contributed by atoms with Crippen molar-refractivity contribution in [3.63, 3.8) is 0 Å². The summed E-state index contributed by atoms with van der Waals surface area (Å²) in [5.74, 6) is 0.593. The van der Waals surface area contributed by atoms with Gasteiger partial charge >= 0.3 is 0 Å². The molecule has 0 aromatic heterocycles. The van der Waals surface area contributed by atoms with Crippen molar-refractivity contribution in [2.24, 2.45) is 5.92 Å². The maximum Gasteiger partial charge on any atom is 0.0939 e. The predicted octanol–water partition coefficient (Wildman–Crippen LogP) is 2.37. The molecule has 1 spiro atoms. The van der Waals surface area contributed by atoms with Crippen LogP contribution in [0.2, 0.25) is 0 Å². The molecule has 0 saturated carbocycles. The predicted molar refractivity (Wildman–Crippen MR) is 80.0 cm³/mol. The fourth-order valence-corrected chi connectivity index (χ4v) is 4.25. The molecule has 2 aliphatic rings. The van der Waals surface area contributed by atoms with Gasteiger partial charge in [0.1, 0.15) is 0 Å². The Labute approximate surface area is 123 Å². The van der Waals surface area contributed by atoms with Crippen molar-refractivity contribution >= 4 is 0 Å². The van der Waals surface area contributed by atoms with Gasteiger partial charge in [0.05, 0.1) is 17.8 Å². The molecule has 3 atom stereocenters. The third-order valence-electron chi connectivity index (χ3n) is 5.55. The topological polar surface area (TPSA) is 39.7 Å². The number of methoxy groups -OCH3 is 1. The van der Waals surface area contributed by atoms with Crippen LogP contribution in [0.15, 0.2) is 0 Å². The zero-order chi connectivity index (χ0) is 14.6. The van der Waals surface area contributed by atoms with Crippen LogP contribution in [0.5, 0.6) is 0 Å². The van der Waals surface area contributed by atoms with Gasteiger partial charge in [-0.25, -0.2) is 0 Å². The van der Waals surface area contributed by atoms with E-state index in [1.54, 1.807) is 0 Å². The molecule has 0 aliphatic carbocycles. The number of hydrogen-bond acceptors (Lipinski definition) is 4. The maximum atomic E-state index is 6.07. The van der Waals surface area contributed by atoms with Crippen molar-refractivity contribution < 1.29 is 14.2 Å². The van der Waals surface area contributed by atoms with E-state index in [1.165, 1.54) is 0 Å². The third-order valence-corrected chi connectivity index (χ3v) is 5.55. The Morgan fingerprint density at radius 3 is 2.60 bits per heavy atom. The molecule has 0 aromatic carbocycles. The van der Waals surface area contributed by atoms with E-state index < -0.39 is 0 Å².